The third-order valence-electron chi connectivity index (χ3n) is 2.10. The summed E-state index contributed by atoms with van der Waals surface area (Å²) in [6, 6.07) is 1.86. The summed E-state index contributed by atoms with van der Waals surface area (Å²) in [6.07, 6.45) is 0. The highest BCUT2D eigenvalue weighted by atomic mass is 35.5. The van der Waals surface area contributed by atoms with E-state index in [4.69, 9.17) is 11.6 Å². The van der Waals surface area contributed by atoms with Crippen molar-refractivity contribution in [2.24, 2.45) is 0 Å². The molecule has 2 aromatic rings. The number of aromatic nitrogens is 3. The minimum absolute atomic E-state index is 0.267. The second-order valence-corrected chi connectivity index (χ2v) is 4.66. The van der Waals surface area contributed by atoms with Crippen molar-refractivity contribution < 1.29 is 0 Å². The van der Waals surface area contributed by atoms with Crippen molar-refractivity contribution in [1.29, 1.82) is 0 Å². The van der Waals surface area contributed by atoms with Gasteiger partial charge in [0.15, 0.2) is 0 Å². The van der Waals surface area contributed by atoms with Crippen LogP contribution in [-0.4, -0.2) is 15.0 Å². The number of thiazole rings is 1. The van der Waals surface area contributed by atoms with Crippen LogP contribution >= 0.6 is 22.9 Å². The van der Waals surface area contributed by atoms with Crippen molar-refractivity contribution in [3.8, 4) is 0 Å². The Hall–Kier alpha value is -1.20. The fourth-order valence-electron chi connectivity index (χ4n) is 1.29. The average Bonchev–Trinajstić information content (AvgIpc) is 2.59. The van der Waals surface area contributed by atoms with Crippen molar-refractivity contribution in [3.05, 3.63) is 33.1 Å². The summed E-state index contributed by atoms with van der Waals surface area (Å²) in [5.74, 6) is 0.741. The van der Waals surface area contributed by atoms with Gasteiger partial charge in [-0.2, -0.15) is 0 Å². The molecule has 4 nitrogen and oxygen atoms in total. The number of anilines is 1. The smallest absolute Gasteiger partial charge is 0.224 e. The van der Waals surface area contributed by atoms with Gasteiger partial charge in [-0.05, 0) is 25.4 Å². The van der Waals surface area contributed by atoms with Gasteiger partial charge in [-0.3, -0.25) is 0 Å². The zero-order chi connectivity index (χ0) is 11.5. The molecule has 0 aromatic carbocycles. The molecule has 16 heavy (non-hydrogen) atoms. The highest BCUT2D eigenvalue weighted by molar-refractivity contribution is 7.09. The minimum atomic E-state index is 0.267. The van der Waals surface area contributed by atoms with Crippen molar-refractivity contribution in [2.75, 3.05) is 5.32 Å². The van der Waals surface area contributed by atoms with E-state index in [1.807, 2.05) is 25.4 Å². The Morgan fingerprint density at radius 2 is 2.19 bits per heavy atom. The molecule has 84 valence electrons. The molecule has 2 heterocycles. The van der Waals surface area contributed by atoms with E-state index in [0.29, 0.717) is 6.54 Å². The molecular formula is C10H11ClN4S. The largest absolute Gasteiger partial charge is 0.365 e. The molecule has 1 N–H and O–H groups in total. The van der Waals surface area contributed by atoms with Crippen molar-refractivity contribution >= 4 is 28.8 Å². The molecule has 0 unspecified atom stereocenters. The van der Waals surface area contributed by atoms with E-state index >= 15 is 0 Å². The van der Waals surface area contributed by atoms with Crippen molar-refractivity contribution in [1.82, 2.24) is 15.0 Å². The van der Waals surface area contributed by atoms with Gasteiger partial charge in [0.05, 0.1) is 17.7 Å². The van der Waals surface area contributed by atoms with Gasteiger partial charge in [0.25, 0.3) is 0 Å². The number of nitrogens with one attached hydrogen (secondary N) is 1. The molecule has 0 saturated carbocycles. The van der Waals surface area contributed by atoms with Gasteiger partial charge in [0.2, 0.25) is 5.28 Å². The highest BCUT2D eigenvalue weighted by Crippen LogP contribution is 2.15. The molecule has 0 bridgehead atoms. The van der Waals surface area contributed by atoms with Gasteiger partial charge >= 0.3 is 0 Å². The van der Waals surface area contributed by atoms with Crippen LogP contribution in [0, 0.1) is 13.8 Å². The molecule has 2 rings (SSSR count). The van der Waals surface area contributed by atoms with Gasteiger partial charge in [-0.25, -0.2) is 15.0 Å². The summed E-state index contributed by atoms with van der Waals surface area (Å²) in [5.41, 5.74) is 3.74. The van der Waals surface area contributed by atoms with Gasteiger partial charge in [-0.1, -0.05) is 0 Å². The monoisotopic (exact) mass is 254 g/mol. The lowest BCUT2D eigenvalue weighted by Crippen LogP contribution is -2.02. The molecule has 2 aromatic heterocycles. The molecular weight excluding hydrogens is 244 g/mol. The van der Waals surface area contributed by atoms with E-state index in [0.717, 1.165) is 17.2 Å². The van der Waals surface area contributed by atoms with Crippen molar-refractivity contribution in [2.45, 2.75) is 20.4 Å². The number of rotatable bonds is 3. The third-order valence-corrected chi connectivity index (χ3v) is 3.21. The fraction of sp³-hybridized carbons (Fsp3) is 0.300. The molecule has 0 amide bonds. The number of hydrogen-bond acceptors (Lipinski definition) is 5. The third kappa shape index (κ3) is 2.68. The van der Waals surface area contributed by atoms with Crippen molar-refractivity contribution in [3.63, 3.8) is 0 Å². The molecule has 0 radical (unpaired) electrons. The van der Waals surface area contributed by atoms with Crippen LogP contribution in [-0.2, 0) is 6.54 Å². The Morgan fingerprint density at radius 1 is 1.38 bits per heavy atom. The van der Waals surface area contributed by atoms with Crippen LogP contribution in [0.5, 0.6) is 0 Å². The number of aryl methyl sites for hydroxylation is 2. The first-order chi connectivity index (χ1) is 7.65. The number of nitrogens with zero attached hydrogens (tertiary/aromatic N) is 3. The summed E-state index contributed by atoms with van der Waals surface area (Å²) in [6.45, 7) is 4.59. The Morgan fingerprint density at radius 3 is 2.81 bits per heavy atom. The first-order valence-electron chi connectivity index (χ1n) is 4.79. The van der Waals surface area contributed by atoms with E-state index in [1.54, 1.807) is 11.3 Å². The standard InChI is InChI=1S/C10H11ClN4S/c1-6-3-9(15-10(11)14-6)12-4-8-7(2)13-5-16-8/h3,5H,4H2,1-2H3,(H,12,14,15). The van der Waals surface area contributed by atoms with E-state index in [2.05, 4.69) is 20.3 Å². The maximum absolute atomic E-state index is 5.77. The molecule has 0 spiro atoms. The first-order valence-corrected chi connectivity index (χ1v) is 6.05. The summed E-state index contributed by atoms with van der Waals surface area (Å²) in [5, 5.41) is 3.47. The molecule has 6 heteroatoms. The van der Waals surface area contributed by atoms with Gasteiger partial charge in [-0.15, -0.1) is 11.3 Å². The topological polar surface area (TPSA) is 50.7 Å². The van der Waals surface area contributed by atoms with Crippen LogP contribution in [0.4, 0.5) is 5.82 Å². The van der Waals surface area contributed by atoms with Gasteiger partial charge < -0.3 is 5.32 Å². The van der Waals surface area contributed by atoms with Crippen LogP contribution < -0.4 is 5.32 Å². The molecule has 0 aliphatic rings. The molecule has 0 aliphatic carbocycles. The minimum Gasteiger partial charge on any atom is -0.365 e. The van der Waals surface area contributed by atoms with E-state index in [9.17, 15) is 0 Å². The second-order valence-electron chi connectivity index (χ2n) is 3.38. The van der Waals surface area contributed by atoms with Crippen LogP contribution in [0.25, 0.3) is 0 Å². The Labute approximate surface area is 103 Å². The van der Waals surface area contributed by atoms with E-state index in [-0.39, 0.29) is 5.28 Å². The highest BCUT2D eigenvalue weighted by Gasteiger charge is 2.03. The van der Waals surface area contributed by atoms with Crippen LogP contribution in [0.1, 0.15) is 16.3 Å². The molecule has 0 atom stereocenters. The lowest BCUT2D eigenvalue weighted by molar-refractivity contribution is 1.05. The normalized spacial score (nSPS) is 10.4. The SMILES string of the molecule is Cc1cc(NCc2scnc2C)nc(Cl)n1. The fourth-order valence-corrected chi connectivity index (χ4v) is 2.23. The number of halogens is 1. The predicted octanol–water partition coefficient (Wildman–Crippen LogP) is 2.82. The van der Waals surface area contributed by atoms with Crippen LogP contribution in [0.15, 0.2) is 11.6 Å². The molecule has 0 fully saturated rings. The maximum Gasteiger partial charge on any atom is 0.224 e. The Bertz CT molecular complexity index is 477. The quantitative estimate of drug-likeness (QED) is 0.856. The zero-order valence-electron chi connectivity index (χ0n) is 8.99. The molecule has 0 aliphatic heterocycles. The predicted molar refractivity (Wildman–Crippen MR) is 66.0 cm³/mol. The maximum atomic E-state index is 5.77. The summed E-state index contributed by atoms with van der Waals surface area (Å²) < 4.78 is 0. The van der Waals surface area contributed by atoms with E-state index < -0.39 is 0 Å². The molecule has 0 saturated heterocycles. The summed E-state index contributed by atoms with van der Waals surface area (Å²) in [4.78, 5) is 13.5. The first kappa shape index (κ1) is 11.3. The zero-order valence-corrected chi connectivity index (χ0v) is 10.6. The second kappa shape index (κ2) is 4.76. The summed E-state index contributed by atoms with van der Waals surface area (Å²) in [7, 11) is 0. The van der Waals surface area contributed by atoms with Crippen LogP contribution in [0.3, 0.4) is 0 Å². The number of hydrogen-bond donors (Lipinski definition) is 1. The van der Waals surface area contributed by atoms with Crippen LogP contribution in [0.2, 0.25) is 5.28 Å². The van der Waals surface area contributed by atoms with E-state index in [1.165, 1.54) is 4.88 Å². The summed E-state index contributed by atoms with van der Waals surface area (Å²) >= 11 is 7.40. The average molecular weight is 255 g/mol. The lowest BCUT2D eigenvalue weighted by atomic mass is 10.4. The van der Waals surface area contributed by atoms with Gasteiger partial charge in [0.1, 0.15) is 5.82 Å². The Balaban J connectivity index is 2.07. The lowest BCUT2D eigenvalue weighted by Gasteiger charge is -2.05. The Kier molecular flexibility index (Phi) is 3.36. The van der Waals surface area contributed by atoms with Gasteiger partial charge in [0, 0.05) is 16.6 Å².